The van der Waals surface area contributed by atoms with Crippen LogP contribution in [0.1, 0.15) is 11.1 Å². The zero-order valence-electron chi connectivity index (χ0n) is 11.3. The summed E-state index contributed by atoms with van der Waals surface area (Å²) in [5, 5.41) is 6.71. The third kappa shape index (κ3) is 4.08. The number of para-hydroxylation sites is 1. The number of anilines is 1. The van der Waals surface area contributed by atoms with Gasteiger partial charge in [0.15, 0.2) is 0 Å². The summed E-state index contributed by atoms with van der Waals surface area (Å²) in [4.78, 5) is 12.1. The number of hydrogen-bond acceptors (Lipinski definition) is 2. The number of hydrogen-bond donors (Lipinski definition) is 2. The van der Waals surface area contributed by atoms with Crippen LogP contribution in [-0.2, 0) is 17.8 Å². The smallest absolute Gasteiger partial charge is 0.228 e. The molecule has 0 aromatic heterocycles. The molecule has 104 valence electrons. The van der Waals surface area contributed by atoms with Crippen LogP contribution in [0.2, 0.25) is 5.02 Å². The molecule has 0 aliphatic carbocycles. The minimum absolute atomic E-state index is 0.0316. The van der Waals surface area contributed by atoms with E-state index >= 15 is 0 Å². The van der Waals surface area contributed by atoms with Gasteiger partial charge in [0, 0.05) is 17.3 Å². The van der Waals surface area contributed by atoms with Crippen molar-refractivity contribution in [2.45, 2.75) is 13.0 Å². The Morgan fingerprint density at radius 2 is 1.80 bits per heavy atom. The Kier molecular flexibility index (Phi) is 5.16. The van der Waals surface area contributed by atoms with Gasteiger partial charge in [0.05, 0.1) is 6.42 Å². The lowest BCUT2D eigenvalue weighted by atomic mass is 10.1. The Hall–Kier alpha value is -1.84. The molecule has 4 heteroatoms. The van der Waals surface area contributed by atoms with Gasteiger partial charge >= 0.3 is 0 Å². The maximum Gasteiger partial charge on any atom is 0.228 e. The van der Waals surface area contributed by atoms with E-state index in [9.17, 15) is 4.79 Å². The van der Waals surface area contributed by atoms with Gasteiger partial charge in [-0.05, 0) is 36.4 Å². The van der Waals surface area contributed by atoms with Crippen molar-refractivity contribution in [3.05, 3.63) is 64.7 Å². The van der Waals surface area contributed by atoms with Crippen LogP contribution in [0.5, 0.6) is 0 Å². The van der Waals surface area contributed by atoms with Crippen molar-refractivity contribution in [1.82, 2.24) is 5.32 Å². The van der Waals surface area contributed by atoms with Gasteiger partial charge in [-0.25, -0.2) is 0 Å². The monoisotopic (exact) mass is 288 g/mol. The van der Waals surface area contributed by atoms with E-state index in [4.69, 9.17) is 11.6 Å². The highest BCUT2D eigenvalue weighted by Crippen LogP contribution is 2.16. The summed E-state index contributed by atoms with van der Waals surface area (Å²) in [7, 11) is 1.88. The molecule has 20 heavy (non-hydrogen) atoms. The minimum Gasteiger partial charge on any atom is -0.325 e. The van der Waals surface area contributed by atoms with E-state index < -0.39 is 0 Å². The van der Waals surface area contributed by atoms with Crippen molar-refractivity contribution >= 4 is 23.2 Å². The van der Waals surface area contributed by atoms with E-state index in [1.807, 2.05) is 43.4 Å². The van der Waals surface area contributed by atoms with Crippen molar-refractivity contribution in [3.8, 4) is 0 Å². The van der Waals surface area contributed by atoms with Gasteiger partial charge in [-0.15, -0.1) is 0 Å². The van der Waals surface area contributed by atoms with E-state index in [1.54, 1.807) is 12.1 Å². The molecule has 0 bridgehead atoms. The van der Waals surface area contributed by atoms with Crippen LogP contribution in [0, 0.1) is 0 Å². The zero-order chi connectivity index (χ0) is 14.4. The minimum atomic E-state index is -0.0316. The van der Waals surface area contributed by atoms with Gasteiger partial charge in [-0.1, -0.05) is 41.9 Å². The maximum atomic E-state index is 12.1. The summed E-state index contributed by atoms with van der Waals surface area (Å²) in [6, 6.07) is 15.1. The van der Waals surface area contributed by atoms with Crippen LogP contribution in [0.15, 0.2) is 48.5 Å². The lowest BCUT2D eigenvalue weighted by molar-refractivity contribution is -0.115. The standard InChI is InChI=1S/C16H17ClN2O/c1-18-11-13-4-2-3-5-15(13)19-16(20)10-12-6-8-14(17)9-7-12/h2-9,18H,10-11H2,1H3,(H,19,20). The van der Waals surface area contributed by atoms with Crippen molar-refractivity contribution in [2.75, 3.05) is 12.4 Å². The number of halogens is 1. The number of nitrogens with one attached hydrogen (secondary N) is 2. The molecule has 2 aromatic rings. The first-order valence-electron chi connectivity index (χ1n) is 6.46. The largest absolute Gasteiger partial charge is 0.325 e. The summed E-state index contributed by atoms with van der Waals surface area (Å²) >= 11 is 5.83. The number of rotatable bonds is 5. The number of carbonyl (C=O) groups is 1. The summed E-state index contributed by atoms with van der Waals surface area (Å²) in [6.45, 7) is 0.720. The first-order valence-corrected chi connectivity index (χ1v) is 6.83. The van der Waals surface area contributed by atoms with Gasteiger partial charge in [0.2, 0.25) is 5.91 Å². The fourth-order valence-electron chi connectivity index (χ4n) is 1.97. The summed E-state index contributed by atoms with van der Waals surface area (Å²) in [5.41, 5.74) is 2.86. The van der Waals surface area contributed by atoms with Crippen molar-refractivity contribution in [3.63, 3.8) is 0 Å². The van der Waals surface area contributed by atoms with Gasteiger partial charge in [0.25, 0.3) is 0 Å². The topological polar surface area (TPSA) is 41.1 Å². The molecule has 2 aromatic carbocycles. The van der Waals surface area contributed by atoms with E-state index in [0.717, 1.165) is 23.4 Å². The Bertz CT molecular complexity index is 581. The van der Waals surface area contributed by atoms with Crippen molar-refractivity contribution < 1.29 is 4.79 Å². The van der Waals surface area contributed by atoms with Gasteiger partial charge < -0.3 is 10.6 Å². The average molecular weight is 289 g/mol. The molecular weight excluding hydrogens is 272 g/mol. The molecule has 0 aliphatic rings. The van der Waals surface area contributed by atoms with E-state index in [1.165, 1.54) is 0 Å². The summed E-state index contributed by atoms with van der Waals surface area (Å²) < 4.78 is 0. The van der Waals surface area contributed by atoms with Crippen LogP contribution in [0.4, 0.5) is 5.69 Å². The predicted molar refractivity (Wildman–Crippen MR) is 83.0 cm³/mol. The second-order valence-electron chi connectivity index (χ2n) is 4.54. The molecule has 2 N–H and O–H groups in total. The first-order chi connectivity index (χ1) is 9.69. The molecule has 2 rings (SSSR count). The van der Waals surface area contributed by atoms with Gasteiger partial charge in [-0.2, -0.15) is 0 Å². The second kappa shape index (κ2) is 7.08. The summed E-state index contributed by atoms with van der Waals surface area (Å²) in [6.07, 6.45) is 0.338. The molecule has 0 unspecified atom stereocenters. The Balaban J connectivity index is 2.02. The molecule has 0 aliphatic heterocycles. The average Bonchev–Trinajstić information content (AvgIpc) is 2.44. The van der Waals surface area contributed by atoms with Gasteiger partial charge in [0.1, 0.15) is 0 Å². The fraction of sp³-hybridized carbons (Fsp3) is 0.188. The van der Waals surface area contributed by atoms with Gasteiger partial charge in [-0.3, -0.25) is 4.79 Å². The highest BCUT2D eigenvalue weighted by atomic mass is 35.5. The van der Waals surface area contributed by atoms with Crippen LogP contribution >= 0.6 is 11.6 Å². The van der Waals surface area contributed by atoms with E-state index in [2.05, 4.69) is 10.6 Å². The van der Waals surface area contributed by atoms with E-state index in [-0.39, 0.29) is 5.91 Å². The highest BCUT2D eigenvalue weighted by Gasteiger charge is 2.07. The molecule has 0 fully saturated rings. The van der Waals surface area contributed by atoms with Crippen LogP contribution in [-0.4, -0.2) is 13.0 Å². The Morgan fingerprint density at radius 1 is 1.10 bits per heavy atom. The molecule has 0 atom stereocenters. The third-order valence-corrected chi connectivity index (χ3v) is 3.19. The van der Waals surface area contributed by atoms with Crippen LogP contribution in [0.3, 0.4) is 0 Å². The normalized spacial score (nSPS) is 10.3. The fourth-order valence-corrected chi connectivity index (χ4v) is 2.09. The highest BCUT2D eigenvalue weighted by molar-refractivity contribution is 6.30. The molecule has 0 saturated heterocycles. The van der Waals surface area contributed by atoms with E-state index in [0.29, 0.717) is 11.4 Å². The zero-order valence-corrected chi connectivity index (χ0v) is 12.1. The third-order valence-electron chi connectivity index (χ3n) is 2.94. The predicted octanol–water partition coefficient (Wildman–Crippen LogP) is 3.24. The lowest BCUT2D eigenvalue weighted by Gasteiger charge is -2.10. The molecule has 0 radical (unpaired) electrons. The Labute approximate surface area is 124 Å². The quantitative estimate of drug-likeness (QED) is 0.887. The van der Waals surface area contributed by atoms with Crippen molar-refractivity contribution in [2.24, 2.45) is 0 Å². The summed E-state index contributed by atoms with van der Waals surface area (Å²) in [5.74, 6) is -0.0316. The molecular formula is C16H17ClN2O. The van der Waals surface area contributed by atoms with Crippen molar-refractivity contribution in [1.29, 1.82) is 0 Å². The molecule has 0 saturated carbocycles. The Morgan fingerprint density at radius 3 is 2.50 bits per heavy atom. The molecule has 0 heterocycles. The second-order valence-corrected chi connectivity index (χ2v) is 4.98. The molecule has 1 amide bonds. The number of benzene rings is 2. The number of carbonyl (C=O) groups excluding carboxylic acids is 1. The number of amides is 1. The van der Waals surface area contributed by atoms with Crippen LogP contribution in [0.25, 0.3) is 0 Å². The molecule has 0 spiro atoms. The molecule has 3 nitrogen and oxygen atoms in total. The van der Waals surface area contributed by atoms with Crippen LogP contribution < -0.4 is 10.6 Å². The SMILES string of the molecule is CNCc1ccccc1NC(=O)Cc1ccc(Cl)cc1. The first kappa shape index (κ1) is 14.6. The lowest BCUT2D eigenvalue weighted by Crippen LogP contribution is -2.17. The maximum absolute atomic E-state index is 12.1.